The van der Waals surface area contributed by atoms with E-state index >= 15 is 0 Å². The molecule has 2 aromatic rings. The molecule has 0 radical (unpaired) electrons. The summed E-state index contributed by atoms with van der Waals surface area (Å²) in [6.07, 6.45) is 0. The predicted octanol–water partition coefficient (Wildman–Crippen LogP) is 3.64. The van der Waals surface area contributed by atoms with Crippen molar-refractivity contribution in [3.05, 3.63) is 44.4 Å². The van der Waals surface area contributed by atoms with Gasteiger partial charge in [0.15, 0.2) is 0 Å². The van der Waals surface area contributed by atoms with Crippen LogP contribution in [0.25, 0.3) is 11.3 Å². The van der Waals surface area contributed by atoms with Crippen molar-refractivity contribution in [3.8, 4) is 17.0 Å². The molecule has 6 heteroatoms. The molecule has 0 spiro atoms. The van der Waals surface area contributed by atoms with Crippen molar-refractivity contribution in [2.45, 2.75) is 26.2 Å². The van der Waals surface area contributed by atoms with Crippen LogP contribution >= 0.6 is 15.9 Å². The molecule has 0 aliphatic rings. The van der Waals surface area contributed by atoms with E-state index in [4.69, 9.17) is 4.74 Å². The van der Waals surface area contributed by atoms with Crippen LogP contribution in [0, 0.1) is 5.82 Å². The maximum Gasteiger partial charge on any atom is 0.267 e. The quantitative estimate of drug-likeness (QED) is 0.895. The number of hydrogen-bond acceptors (Lipinski definition) is 3. The number of hydrogen-bond donors (Lipinski definition) is 1. The fraction of sp³-hybridized carbons (Fsp3) is 0.333. The molecule has 1 N–H and O–H groups in total. The maximum absolute atomic E-state index is 14.2. The molecule has 0 atom stereocenters. The normalized spacial score (nSPS) is 11.5. The van der Waals surface area contributed by atoms with Gasteiger partial charge in [0.25, 0.3) is 5.56 Å². The lowest BCUT2D eigenvalue weighted by molar-refractivity contribution is 0.410. The fourth-order valence-corrected chi connectivity index (χ4v) is 2.55. The van der Waals surface area contributed by atoms with E-state index in [2.05, 4.69) is 26.1 Å². The van der Waals surface area contributed by atoms with Crippen LogP contribution in [0.5, 0.6) is 5.75 Å². The molecule has 0 amide bonds. The first kappa shape index (κ1) is 15.7. The Hall–Kier alpha value is -1.69. The Bertz CT molecular complexity index is 735. The molecular weight excluding hydrogens is 339 g/mol. The molecule has 2 rings (SSSR count). The highest BCUT2D eigenvalue weighted by atomic mass is 79.9. The van der Waals surface area contributed by atoms with Gasteiger partial charge in [-0.1, -0.05) is 20.8 Å². The molecule has 112 valence electrons. The van der Waals surface area contributed by atoms with Gasteiger partial charge in [-0.3, -0.25) is 4.79 Å². The zero-order valence-corrected chi connectivity index (χ0v) is 13.8. The molecule has 0 aliphatic carbocycles. The number of halogens is 2. The number of rotatable bonds is 2. The molecule has 0 bridgehead atoms. The van der Waals surface area contributed by atoms with Crippen molar-refractivity contribution < 1.29 is 9.13 Å². The average Bonchev–Trinajstić information content (AvgIpc) is 2.40. The molecule has 21 heavy (non-hydrogen) atoms. The van der Waals surface area contributed by atoms with Gasteiger partial charge in [-0.2, -0.15) is 5.10 Å². The van der Waals surface area contributed by atoms with Gasteiger partial charge in [0.05, 0.1) is 22.8 Å². The van der Waals surface area contributed by atoms with Crippen LogP contribution in [0.3, 0.4) is 0 Å². The highest BCUT2D eigenvalue weighted by Gasteiger charge is 2.22. The van der Waals surface area contributed by atoms with Gasteiger partial charge in [-0.25, -0.2) is 9.49 Å². The lowest BCUT2D eigenvalue weighted by Crippen LogP contribution is -2.25. The Morgan fingerprint density at radius 2 is 2.00 bits per heavy atom. The van der Waals surface area contributed by atoms with E-state index in [1.807, 2.05) is 20.8 Å². The highest BCUT2D eigenvalue weighted by molar-refractivity contribution is 9.10. The maximum atomic E-state index is 14.2. The summed E-state index contributed by atoms with van der Waals surface area (Å²) in [4.78, 5) is 11.9. The average molecular weight is 355 g/mol. The van der Waals surface area contributed by atoms with E-state index in [1.54, 1.807) is 12.1 Å². The van der Waals surface area contributed by atoms with E-state index in [9.17, 15) is 9.18 Å². The van der Waals surface area contributed by atoms with Gasteiger partial charge < -0.3 is 4.74 Å². The SMILES string of the molecule is COc1c(Br)ccc(F)c1-c1cc(C(C)(C)C)c(=O)[nH]n1. The summed E-state index contributed by atoms with van der Waals surface area (Å²) in [5.41, 5.74) is 0.430. The molecule has 0 fully saturated rings. The van der Waals surface area contributed by atoms with Gasteiger partial charge in [0, 0.05) is 5.56 Å². The summed E-state index contributed by atoms with van der Waals surface area (Å²) in [6.45, 7) is 5.74. The largest absolute Gasteiger partial charge is 0.495 e. The standard InChI is InChI=1S/C15H16BrFN2O2/c1-15(2,3)8-7-11(18-19-14(8)20)12-10(17)6-5-9(16)13(12)21-4/h5-7H,1-4H3,(H,19,20). The first-order chi connectivity index (χ1) is 9.75. The van der Waals surface area contributed by atoms with Crippen molar-refractivity contribution >= 4 is 15.9 Å². The molecule has 4 nitrogen and oxygen atoms in total. The Morgan fingerprint density at radius 3 is 2.57 bits per heavy atom. The number of methoxy groups -OCH3 is 1. The van der Waals surface area contributed by atoms with E-state index in [-0.39, 0.29) is 16.5 Å². The van der Waals surface area contributed by atoms with Gasteiger partial charge in [-0.15, -0.1) is 0 Å². The number of aromatic amines is 1. The van der Waals surface area contributed by atoms with Gasteiger partial charge in [0.1, 0.15) is 11.6 Å². The van der Waals surface area contributed by atoms with Crippen LogP contribution < -0.4 is 10.3 Å². The minimum absolute atomic E-state index is 0.216. The highest BCUT2D eigenvalue weighted by Crippen LogP contribution is 2.37. The molecule has 1 aromatic heterocycles. The summed E-state index contributed by atoms with van der Waals surface area (Å²) in [7, 11) is 1.46. The van der Waals surface area contributed by atoms with Crippen LogP contribution in [0.2, 0.25) is 0 Å². The number of ether oxygens (including phenoxy) is 1. The topological polar surface area (TPSA) is 55.0 Å². The smallest absolute Gasteiger partial charge is 0.267 e. The van der Waals surface area contributed by atoms with Crippen LogP contribution in [-0.2, 0) is 5.41 Å². The first-order valence-corrected chi connectivity index (χ1v) is 7.17. The second kappa shape index (κ2) is 5.60. The molecule has 1 aromatic carbocycles. The summed E-state index contributed by atoms with van der Waals surface area (Å²) in [5.74, 6) is -0.121. The van der Waals surface area contributed by atoms with Crippen LogP contribution in [0.15, 0.2) is 27.5 Å². The van der Waals surface area contributed by atoms with Gasteiger partial charge in [-0.05, 0) is 39.5 Å². The third kappa shape index (κ3) is 3.00. The van der Waals surface area contributed by atoms with Crippen molar-refractivity contribution in [2.75, 3.05) is 7.11 Å². The fourth-order valence-electron chi connectivity index (χ4n) is 2.06. The van der Waals surface area contributed by atoms with Crippen molar-refractivity contribution in [3.63, 3.8) is 0 Å². The third-order valence-electron chi connectivity index (χ3n) is 3.13. The van der Waals surface area contributed by atoms with Crippen LogP contribution in [0.1, 0.15) is 26.3 Å². The van der Waals surface area contributed by atoms with E-state index in [0.717, 1.165) is 0 Å². The minimum atomic E-state index is -0.463. The number of benzene rings is 1. The van der Waals surface area contributed by atoms with Crippen molar-refractivity contribution in [1.82, 2.24) is 10.2 Å². The van der Waals surface area contributed by atoms with E-state index < -0.39 is 5.82 Å². The Balaban J connectivity index is 2.75. The summed E-state index contributed by atoms with van der Waals surface area (Å²) in [6, 6.07) is 4.49. The van der Waals surface area contributed by atoms with E-state index in [1.165, 1.54) is 13.2 Å². The summed E-state index contributed by atoms with van der Waals surface area (Å²) in [5, 5.41) is 6.38. The Morgan fingerprint density at radius 1 is 1.33 bits per heavy atom. The molecule has 0 unspecified atom stereocenters. The Labute approximate surface area is 130 Å². The molecular formula is C15H16BrFN2O2. The lowest BCUT2D eigenvalue weighted by Gasteiger charge is -2.18. The first-order valence-electron chi connectivity index (χ1n) is 6.38. The predicted molar refractivity (Wildman–Crippen MR) is 83.2 cm³/mol. The molecule has 1 heterocycles. The molecule has 0 saturated heterocycles. The summed E-state index contributed by atoms with van der Waals surface area (Å²) >= 11 is 3.32. The second-order valence-electron chi connectivity index (χ2n) is 5.68. The van der Waals surface area contributed by atoms with Crippen LogP contribution in [-0.4, -0.2) is 17.3 Å². The van der Waals surface area contributed by atoms with Crippen molar-refractivity contribution in [2.24, 2.45) is 0 Å². The third-order valence-corrected chi connectivity index (χ3v) is 3.76. The van der Waals surface area contributed by atoms with E-state index in [0.29, 0.717) is 21.5 Å². The van der Waals surface area contributed by atoms with Gasteiger partial charge in [0.2, 0.25) is 0 Å². The number of nitrogens with one attached hydrogen (secondary N) is 1. The zero-order valence-electron chi connectivity index (χ0n) is 12.3. The van der Waals surface area contributed by atoms with Gasteiger partial charge >= 0.3 is 0 Å². The summed E-state index contributed by atoms with van der Waals surface area (Å²) < 4.78 is 20.1. The Kier molecular flexibility index (Phi) is 4.18. The van der Waals surface area contributed by atoms with Crippen molar-refractivity contribution in [1.29, 1.82) is 0 Å². The van der Waals surface area contributed by atoms with Crippen LogP contribution in [0.4, 0.5) is 4.39 Å². The monoisotopic (exact) mass is 354 g/mol. The number of H-pyrrole nitrogens is 1. The number of nitrogens with zero attached hydrogens (tertiary/aromatic N) is 1. The molecule has 0 aliphatic heterocycles. The minimum Gasteiger partial charge on any atom is -0.495 e. The zero-order chi connectivity index (χ0) is 15.8. The second-order valence-corrected chi connectivity index (χ2v) is 6.54. The molecule has 0 saturated carbocycles. The lowest BCUT2D eigenvalue weighted by atomic mass is 9.87. The number of aromatic nitrogens is 2.